The van der Waals surface area contributed by atoms with E-state index in [1.54, 1.807) is 0 Å². The molecule has 1 aliphatic rings. The van der Waals surface area contributed by atoms with Gasteiger partial charge >= 0.3 is 10.2 Å². The van der Waals surface area contributed by atoms with Gasteiger partial charge in [-0.2, -0.15) is 12.7 Å². The number of hydrogen-bond acceptors (Lipinski definition) is 3. The molecule has 1 aromatic rings. The normalized spacial score (nSPS) is 20.8. The van der Waals surface area contributed by atoms with Gasteiger partial charge in [0.15, 0.2) is 0 Å². The second-order valence-electron chi connectivity index (χ2n) is 4.93. The highest BCUT2D eigenvalue weighted by atomic mass is 32.2. The van der Waals surface area contributed by atoms with Crippen molar-refractivity contribution >= 4 is 15.9 Å². The van der Waals surface area contributed by atoms with Crippen molar-refractivity contribution in [2.45, 2.75) is 25.3 Å². The van der Waals surface area contributed by atoms with E-state index >= 15 is 0 Å². The van der Waals surface area contributed by atoms with Gasteiger partial charge in [-0.3, -0.25) is 4.72 Å². The summed E-state index contributed by atoms with van der Waals surface area (Å²) >= 11 is 0. The van der Waals surface area contributed by atoms with Crippen molar-refractivity contribution in [2.75, 3.05) is 24.9 Å². The Labute approximate surface area is 119 Å². The van der Waals surface area contributed by atoms with Crippen LogP contribution in [0.2, 0.25) is 0 Å². The first-order valence-electron chi connectivity index (χ1n) is 6.72. The molecule has 1 saturated heterocycles. The monoisotopic (exact) mass is 301 g/mol. The van der Waals surface area contributed by atoms with Crippen molar-refractivity contribution in [1.82, 2.24) is 9.62 Å². The van der Waals surface area contributed by atoms with Crippen LogP contribution in [0, 0.1) is 5.82 Å². The number of hydrogen-bond donors (Lipinski definition) is 2. The van der Waals surface area contributed by atoms with E-state index in [1.807, 2.05) is 7.05 Å². The van der Waals surface area contributed by atoms with Gasteiger partial charge in [-0.15, -0.1) is 0 Å². The Morgan fingerprint density at radius 1 is 1.30 bits per heavy atom. The van der Waals surface area contributed by atoms with E-state index < -0.39 is 10.2 Å². The van der Waals surface area contributed by atoms with Crippen molar-refractivity contribution in [1.29, 1.82) is 0 Å². The number of halogens is 1. The topological polar surface area (TPSA) is 61.4 Å². The quantitative estimate of drug-likeness (QED) is 0.867. The first-order chi connectivity index (χ1) is 9.53. The predicted molar refractivity (Wildman–Crippen MR) is 77.2 cm³/mol. The smallest absolute Gasteiger partial charge is 0.301 e. The van der Waals surface area contributed by atoms with Gasteiger partial charge < -0.3 is 5.32 Å². The van der Waals surface area contributed by atoms with Crippen LogP contribution < -0.4 is 10.0 Å². The molecule has 1 heterocycles. The van der Waals surface area contributed by atoms with Gasteiger partial charge in [-0.05, 0) is 44.2 Å². The Hall–Kier alpha value is -1.18. The Morgan fingerprint density at radius 3 is 2.65 bits per heavy atom. The lowest BCUT2D eigenvalue weighted by Gasteiger charge is -2.34. The van der Waals surface area contributed by atoms with E-state index in [0.717, 1.165) is 19.3 Å². The zero-order valence-corrected chi connectivity index (χ0v) is 12.3. The molecule has 0 spiro atoms. The van der Waals surface area contributed by atoms with Gasteiger partial charge in [0.1, 0.15) is 5.82 Å². The Kier molecular flexibility index (Phi) is 4.95. The molecule has 2 N–H and O–H groups in total. The third kappa shape index (κ3) is 3.68. The van der Waals surface area contributed by atoms with E-state index in [9.17, 15) is 12.8 Å². The molecule has 1 aromatic carbocycles. The average molecular weight is 301 g/mol. The zero-order chi connectivity index (χ0) is 14.6. The number of likely N-dealkylation sites (N-methyl/N-ethyl adjacent to an activating group) is 1. The summed E-state index contributed by atoms with van der Waals surface area (Å²) in [5.41, 5.74) is 0.375. The number of piperidine rings is 1. The molecule has 20 heavy (non-hydrogen) atoms. The minimum absolute atomic E-state index is 0.0355. The number of nitrogens with zero attached hydrogens (tertiary/aromatic N) is 1. The maximum absolute atomic E-state index is 12.8. The van der Waals surface area contributed by atoms with Gasteiger partial charge in [0.25, 0.3) is 0 Å². The third-order valence-electron chi connectivity index (χ3n) is 3.41. The number of nitrogens with one attached hydrogen (secondary N) is 2. The SMILES string of the molecule is CNCC1CCCCN1S(=O)(=O)Nc1ccc(F)cc1. The third-order valence-corrected chi connectivity index (χ3v) is 5.00. The molecule has 5 nitrogen and oxygen atoms in total. The fourth-order valence-electron chi connectivity index (χ4n) is 2.46. The van der Waals surface area contributed by atoms with E-state index in [0.29, 0.717) is 18.8 Å². The lowest BCUT2D eigenvalue weighted by molar-refractivity contribution is 0.250. The fourth-order valence-corrected chi connectivity index (χ4v) is 3.95. The molecule has 1 aliphatic heterocycles. The number of rotatable bonds is 5. The molecular formula is C13H20FN3O2S. The zero-order valence-electron chi connectivity index (χ0n) is 11.5. The molecule has 112 valence electrons. The minimum atomic E-state index is -3.60. The van der Waals surface area contributed by atoms with Crippen LogP contribution in [0.3, 0.4) is 0 Å². The maximum atomic E-state index is 12.8. The van der Waals surface area contributed by atoms with E-state index in [4.69, 9.17) is 0 Å². The van der Waals surface area contributed by atoms with Crippen molar-refractivity contribution < 1.29 is 12.8 Å². The van der Waals surface area contributed by atoms with Crippen molar-refractivity contribution in [3.63, 3.8) is 0 Å². The van der Waals surface area contributed by atoms with E-state index in [-0.39, 0.29) is 11.9 Å². The molecule has 0 bridgehead atoms. The summed E-state index contributed by atoms with van der Waals surface area (Å²) in [7, 11) is -1.79. The summed E-state index contributed by atoms with van der Waals surface area (Å²) in [6.07, 6.45) is 2.75. The summed E-state index contributed by atoms with van der Waals surface area (Å²) in [4.78, 5) is 0. The van der Waals surface area contributed by atoms with Gasteiger partial charge in [-0.1, -0.05) is 6.42 Å². The molecular weight excluding hydrogens is 281 g/mol. The standard InChI is InChI=1S/C13H20FN3O2S/c1-15-10-13-4-2-3-9-17(13)20(18,19)16-12-7-5-11(14)6-8-12/h5-8,13,15-16H,2-4,9-10H2,1H3. The Bertz CT molecular complexity index is 531. The van der Waals surface area contributed by atoms with Crippen molar-refractivity contribution in [3.05, 3.63) is 30.1 Å². The van der Waals surface area contributed by atoms with E-state index in [2.05, 4.69) is 10.0 Å². The molecule has 0 radical (unpaired) electrons. The lowest BCUT2D eigenvalue weighted by Crippen LogP contribution is -2.49. The van der Waals surface area contributed by atoms with Crippen LogP contribution in [-0.2, 0) is 10.2 Å². The fraction of sp³-hybridized carbons (Fsp3) is 0.538. The van der Waals surface area contributed by atoms with Gasteiger partial charge in [-0.25, -0.2) is 4.39 Å². The summed E-state index contributed by atoms with van der Waals surface area (Å²) in [5, 5.41) is 3.03. The van der Waals surface area contributed by atoms with Crippen LogP contribution in [-0.4, -0.2) is 38.9 Å². The molecule has 0 amide bonds. The first-order valence-corrected chi connectivity index (χ1v) is 8.16. The van der Waals surface area contributed by atoms with Crippen LogP contribution in [0.25, 0.3) is 0 Å². The summed E-state index contributed by atoms with van der Waals surface area (Å²) in [5.74, 6) is -0.390. The average Bonchev–Trinajstić information content (AvgIpc) is 2.42. The predicted octanol–water partition coefficient (Wildman–Crippen LogP) is 1.56. The molecule has 0 aliphatic carbocycles. The molecule has 1 fully saturated rings. The summed E-state index contributed by atoms with van der Waals surface area (Å²) < 4.78 is 41.7. The second-order valence-corrected chi connectivity index (χ2v) is 6.56. The Balaban J connectivity index is 2.13. The van der Waals surface area contributed by atoms with Gasteiger partial charge in [0.2, 0.25) is 0 Å². The Morgan fingerprint density at radius 2 is 2.00 bits per heavy atom. The molecule has 1 atom stereocenters. The van der Waals surface area contributed by atoms with Crippen LogP contribution in [0.15, 0.2) is 24.3 Å². The second kappa shape index (κ2) is 6.51. The van der Waals surface area contributed by atoms with Crippen LogP contribution in [0.4, 0.5) is 10.1 Å². The number of anilines is 1. The van der Waals surface area contributed by atoms with Crippen LogP contribution in [0.5, 0.6) is 0 Å². The van der Waals surface area contributed by atoms with Crippen molar-refractivity contribution in [2.24, 2.45) is 0 Å². The molecule has 1 unspecified atom stereocenters. The maximum Gasteiger partial charge on any atom is 0.301 e. The van der Waals surface area contributed by atoms with Crippen LogP contribution >= 0.6 is 0 Å². The van der Waals surface area contributed by atoms with Crippen LogP contribution in [0.1, 0.15) is 19.3 Å². The summed E-state index contributed by atoms with van der Waals surface area (Å²) in [6.45, 7) is 1.15. The minimum Gasteiger partial charge on any atom is -0.318 e. The highest BCUT2D eigenvalue weighted by Crippen LogP contribution is 2.21. The summed E-state index contributed by atoms with van der Waals surface area (Å²) in [6, 6.07) is 5.28. The highest BCUT2D eigenvalue weighted by Gasteiger charge is 2.31. The van der Waals surface area contributed by atoms with Gasteiger partial charge in [0, 0.05) is 24.8 Å². The highest BCUT2D eigenvalue weighted by molar-refractivity contribution is 7.90. The molecule has 0 aromatic heterocycles. The number of benzene rings is 1. The molecule has 0 saturated carbocycles. The molecule has 7 heteroatoms. The van der Waals surface area contributed by atoms with Crippen molar-refractivity contribution in [3.8, 4) is 0 Å². The lowest BCUT2D eigenvalue weighted by atomic mass is 10.1. The largest absolute Gasteiger partial charge is 0.318 e. The molecule has 2 rings (SSSR count). The van der Waals surface area contributed by atoms with Gasteiger partial charge in [0.05, 0.1) is 0 Å². The first kappa shape index (κ1) is 15.2. The van der Waals surface area contributed by atoms with E-state index in [1.165, 1.54) is 28.6 Å².